The molecule has 0 heterocycles. The molecule has 0 spiro atoms. The Balaban J connectivity index is 1.94. The zero-order valence-corrected chi connectivity index (χ0v) is 15.4. The Morgan fingerprint density at radius 3 is 1.91 bits per heavy atom. The maximum Gasteiger partial charge on any atom is -0.0126 e. The summed E-state index contributed by atoms with van der Waals surface area (Å²) in [6.45, 7) is 4.92. The van der Waals surface area contributed by atoms with Crippen molar-refractivity contribution in [1.82, 2.24) is 0 Å². The standard InChI is InChI=1S/C22H29P/c1-3-19-12-10-11-17-22(19)18(2)23(20-13-6-4-7-14-20)21-15-8-5-9-16-21/h4-9,13-16,18-19,22H,3,10-12,17H2,1-2H3/t18?,19-,22+/m0/s1. The van der Waals surface area contributed by atoms with Crippen LogP contribution in [0.15, 0.2) is 60.7 Å². The molecule has 1 unspecified atom stereocenters. The predicted octanol–water partition coefficient (Wildman–Crippen LogP) is 5.72. The highest BCUT2D eigenvalue weighted by Crippen LogP contribution is 2.49. The van der Waals surface area contributed by atoms with Crippen LogP contribution in [0.5, 0.6) is 0 Å². The minimum atomic E-state index is -0.267. The molecule has 0 amide bonds. The van der Waals surface area contributed by atoms with Crippen molar-refractivity contribution in [3.8, 4) is 0 Å². The first-order chi connectivity index (χ1) is 11.3. The number of hydrogen-bond donors (Lipinski definition) is 0. The minimum absolute atomic E-state index is 0.267. The third kappa shape index (κ3) is 3.86. The van der Waals surface area contributed by atoms with E-state index in [-0.39, 0.29) is 7.92 Å². The molecule has 0 aliphatic heterocycles. The van der Waals surface area contributed by atoms with Gasteiger partial charge in [0.1, 0.15) is 0 Å². The molecule has 0 aromatic heterocycles. The lowest BCUT2D eigenvalue weighted by molar-refractivity contribution is 0.229. The summed E-state index contributed by atoms with van der Waals surface area (Å²) in [4.78, 5) is 0. The molecule has 0 nitrogen and oxygen atoms in total. The van der Waals surface area contributed by atoms with E-state index in [2.05, 4.69) is 74.5 Å². The van der Waals surface area contributed by atoms with Gasteiger partial charge in [0, 0.05) is 0 Å². The first-order valence-corrected chi connectivity index (χ1v) is 10.6. The van der Waals surface area contributed by atoms with Gasteiger partial charge in [0.15, 0.2) is 0 Å². The molecule has 122 valence electrons. The van der Waals surface area contributed by atoms with Crippen LogP contribution in [0, 0.1) is 11.8 Å². The third-order valence-corrected chi connectivity index (χ3v) is 8.49. The molecular weight excluding hydrogens is 295 g/mol. The molecule has 1 heteroatoms. The quantitative estimate of drug-likeness (QED) is 0.617. The summed E-state index contributed by atoms with van der Waals surface area (Å²) in [6.07, 6.45) is 7.09. The average Bonchev–Trinajstić information content (AvgIpc) is 2.63. The molecule has 0 radical (unpaired) electrons. The Hall–Kier alpha value is -1.13. The van der Waals surface area contributed by atoms with Crippen molar-refractivity contribution in [2.24, 2.45) is 11.8 Å². The van der Waals surface area contributed by atoms with Gasteiger partial charge in [-0.3, -0.25) is 0 Å². The van der Waals surface area contributed by atoms with Crippen molar-refractivity contribution in [2.75, 3.05) is 0 Å². The summed E-state index contributed by atoms with van der Waals surface area (Å²) < 4.78 is 0. The van der Waals surface area contributed by atoms with Crippen molar-refractivity contribution >= 4 is 18.5 Å². The van der Waals surface area contributed by atoms with E-state index in [1.807, 2.05) is 0 Å². The monoisotopic (exact) mass is 324 g/mol. The van der Waals surface area contributed by atoms with E-state index in [9.17, 15) is 0 Å². The van der Waals surface area contributed by atoms with Gasteiger partial charge in [-0.2, -0.15) is 0 Å². The van der Waals surface area contributed by atoms with Crippen LogP contribution in [-0.2, 0) is 0 Å². The Bertz CT molecular complexity index is 538. The highest BCUT2D eigenvalue weighted by atomic mass is 31.1. The molecular formula is C22H29P. The summed E-state index contributed by atoms with van der Waals surface area (Å²) in [5.41, 5.74) is 0.764. The van der Waals surface area contributed by atoms with Crippen molar-refractivity contribution in [3.63, 3.8) is 0 Å². The Kier molecular flexibility index (Phi) is 5.90. The smallest absolute Gasteiger partial charge is 0.0126 e. The van der Waals surface area contributed by atoms with E-state index in [1.165, 1.54) is 32.1 Å². The van der Waals surface area contributed by atoms with Crippen LogP contribution in [0.2, 0.25) is 0 Å². The number of benzene rings is 2. The van der Waals surface area contributed by atoms with Gasteiger partial charge in [-0.15, -0.1) is 0 Å². The Labute approximate surface area is 143 Å². The van der Waals surface area contributed by atoms with Crippen molar-refractivity contribution < 1.29 is 0 Å². The maximum absolute atomic E-state index is 2.53. The minimum Gasteiger partial charge on any atom is -0.0651 e. The fourth-order valence-electron chi connectivity index (χ4n) is 4.37. The lowest BCUT2D eigenvalue weighted by Gasteiger charge is -2.39. The van der Waals surface area contributed by atoms with E-state index in [0.717, 1.165) is 17.5 Å². The molecule has 3 atom stereocenters. The van der Waals surface area contributed by atoms with Crippen molar-refractivity contribution in [3.05, 3.63) is 60.7 Å². The van der Waals surface area contributed by atoms with Gasteiger partial charge in [0.2, 0.25) is 0 Å². The van der Waals surface area contributed by atoms with E-state index >= 15 is 0 Å². The van der Waals surface area contributed by atoms with Crippen LogP contribution in [-0.4, -0.2) is 5.66 Å². The van der Waals surface area contributed by atoms with Gasteiger partial charge in [-0.1, -0.05) is 100 Å². The molecule has 0 N–H and O–H groups in total. The lowest BCUT2D eigenvalue weighted by atomic mass is 9.76. The molecule has 1 aliphatic carbocycles. The van der Waals surface area contributed by atoms with Gasteiger partial charge >= 0.3 is 0 Å². The summed E-state index contributed by atoms with van der Waals surface area (Å²) in [5.74, 6) is 1.82. The average molecular weight is 324 g/mol. The van der Waals surface area contributed by atoms with Gasteiger partial charge in [0.25, 0.3) is 0 Å². The van der Waals surface area contributed by atoms with Crippen LogP contribution in [0.25, 0.3) is 0 Å². The second-order valence-electron chi connectivity index (χ2n) is 6.90. The molecule has 0 saturated heterocycles. The second kappa shape index (κ2) is 8.11. The SMILES string of the molecule is CC[C@H]1CCCC[C@@H]1C(C)P(c1ccccc1)c1ccccc1. The maximum atomic E-state index is 2.53. The Morgan fingerprint density at radius 2 is 1.39 bits per heavy atom. The molecule has 3 rings (SSSR count). The largest absolute Gasteiger partial charge is 0.0651 e. The predicted molar refractivity (Wildman–Crippen MR) is 104 cm³/mol. The molecule has 1 fully saturated rings. The van der Waals surface area contributed by atoms with Crippen LogP contribution in [0.1, 0.15) is 46.0 Å². The lowest BCUT2D eigenvalue weighted by Crippen LogP contribution is -2.32. The first-order valence-electron chi connectivity index (χ1n) is 9.20. The normalized spacial score (nSPS) is 22.9. The molecule has 1 aliphatic rings. The molecule has 2 aromatic carbocycles. The van der Waals surface area contributed by atoms with Crippen LogP contribution in [0.4, 0.5) is 0 Å². The topological polar surface area (TPSA) is 0 Å². The number of rotatable bonds is 5. The highest BCUT2D eigenvalue weighted by Gasteiger charge is 2.33. The number of hydrogen-bond acceptors (Lipinski definition) is 0. The molecule has 0 bridgehead atoms. The second-order valence-corrected chi connectivity index (χ2v) is 9.49. The van der Waals surface area contributed by atoms with Gasteiger partial charge < -0.3 is 0 Å². The van der Waals surface area contributed by atoms with Gasteiger partial charge in [-0.25, -0.2) is 0 Å². The van der Waals surface area contributed by atoms with E-state index in [0.29, 0.717) is 0 Å². The molecule has 23 heavy (non-hydrogen) atoms. The zero-order valence-electron chi connectivity index (χ0n) is 14.5. The van der Waals surface area contributed by atoms with Crippen molar-refractivity contribution in [1.29, 1.82) is 0 Å². The van der Waals surface area contributed by atoms with Crippen LogP contribution in [0.3, 0.4) is 0 Å². The summed E-state index contributed by atoms with van der Waals surface area (Å²) in [6, 6.07) is 22.5. The fraction of sp³-hybridized carbons (Fsp3) is 0.455. The van der Waals surface area contributed by atoms with E-state index in [4.69, 9.17) is 0 Å². The van der Waals surface area contributed by atoms with Crippen molar-refractivity contribution in [2.45, 2.75) is 51.6 Å². The van der Waals surface area contributed by atoms with Crippen LogP contribution < -0.4 is 10.6 Å². The third-order valence-electron chi connectivity index (χ3n) is 5.59. The highest BCUT2D eigenvalue weighted by molar-refractivity contribution is 7.73. The van der Waals surface area contributed by atoms with Crippen LogP contribution >= 0.6 is 7.92 Å². The molecule has 2 aromatic rings. The summed E-state index contributed by atoms with van der Waals surface area (Å²) >= 11 is 0. The van der Waals surface area contributed by atoms with Gasteiger partial charge in [-0.05, 0) is 42.4 Å². The zero-order chi connectivity index (χ0) is 16.1. The Morgan fingerprint density at radius 1 is 0.870 bits per heavy atom. The summed E-state index contributed by atoms with van der Waals surface area (Å²) in [5, 5.41) is 3.09. The van der Waals surface area contributed by atoms with E-state index in [1.54, 1.807) is 10.6 Å². The van der Waals surface area contributed by atoms with E-state index < -0.39 is 0 Å². The van der Waals surface area contributed by atoms with Gasteiger partial charge in [0.05, 0.1) is 0 Å². The first kappa shape index (κ1) is 16.7. The molecule has 1 saturated carbocycles. The summed E-state index contributed by atoms with van der Waals surface area (Å²) in [7, 11) is -0.267. The fourth-order valence-corrected chi connectivity index (χ4v) is 7.37.